The Hall–Kier alpha value is -1.00. The summed E-state index contributed by atoms with van der Waals surface area (Å²) in [5.74, 6) is 0. The van der Waals surface area contributed by atoms with Crippen LogP contribution in [0.4, 0.5) is 0 Å². The normalized spacial score (nSPS) is 10.2. The van der Waals surface area contributed by atoms with Crippen LogP contribution < -0.4 is 11.1 Å². The number of nitrogens with one attached hydrogen (secondary N) is 1. The predicted octanol–water partition coefficient (Wildman–Crippen LogP) is 0.305. The van der Waals surface area contributed by atoms with Gasteiger partial charge in [-0.1, -0.05) is 0 Å². The van der Waals surface area contributed by atoms with E-state index in [4.69, 9.17) is 5.73 Å². The summed E-state index contributed by atoms with van der Waals surface area (Å²) in [6, 6.07) is 0. The first kappa shape index (κ1) is 10.1. The number of rotatable bonds is 6. The lowest BCUT2D eigenvalue weighted by Crippen LogP contribution is -2.16. The van der Waals surface area contributed by atoms with Gasteiger partial charge in [-0.3, -0.25) is 9.97 Å². The third kappa shape index (κ3) is 4.55. The minimum Gasteiger partial charge on any atom is -0.330 e. The summed E-state index contributed by atoms with van der Waals surface area (Å²) in [5, 5.41) is 3.28. The molecule has 0 radical (unpaired) electrons. The molecule has 1 heterocycles. The third-order valence-electron chi connectivity index (χ3n) is 1.73. The van der Waals surface area contributed by atoms with Gasteiger partial charge in [0.1, 0.15) is 0 Å². The van der Waals surface area contributed by atoms with Crippen LogP contribution >= 0.6 is 0 Å². The minimum absolute atomic E-state index is 0.771. The second-order valence-electron chi connectivity index (χ2n) is 2.87. The number of aromatic nitrogens is 2. The second kappa shape index (κ2) is 6.51. The van der Waals surface area contributed by atoms with Gasteiger partial charge in [0.15, 0.2) is 0 Å². The summed E-state index contributed by atoms with van der Waals surface area (Å²) in [6.45, 7) is 2.55. The SMILES string of the molecule is NCCCCNCc1cnccn1. The van der Waals surface area contributed by atoms with Gasteiger partial charge in [0, 0.05) is 25.1 Å². The molecule has 0 aliphatic rings. The molecule has 13 heavy (non-hydrogen) atoms. The fraction of sp³-hybridized carbons (Fsp3) is 0.556. The molecule has 4 nitrogen and oxygen atoms in total. The molecular weight excluding hydrogens is 164 g/mol. The van der Waals surface area contributed by atoms with Crippen molar-refractivity contribution >= 4 is 0 Å². The Morgan fingerprint density at radius 1 is 1.31 bits per heavy atom. The first-order valence-corrected chi connectivity index (χ1v) is 4.59. The van der Waals surface area contributed by atoms with E-state index in [9.17, 15) is 0 Å². The Morgan fingerprint density at radius 3 is 2.92 bits per heavy atom. The fourth-order valence-electron chi connectivity index (χ4n) is 1.03. The van der Waals surface area contributed by atoms with E-state index in [2.05, 4.69) is 15.3 Å². The highest BCUT2D eigenvalue weighted by atomic mass is 14.9. The van der Waals surface area contributed by atoms with E-state index in [1.165, 1.54) is 0 Å². The summed E-state index contributed by atoms with van der Waals surface area (Å²) in [4.78, 5) is 8.12. The van der Waals surface area contributed by atoms with Gasteiger partial charge in [-0.2, -0.15) is 0 Å². The minimum atomic E-state index is 0.771. The van der Waals surface area contributed by atoms with Crippen LogP contribution in [0, 0.1) is 0 Å². The van der Waals surface area contributed by atoms with E-state index >= 15 is 0 Å². The van der Waals surface area contributed by atoms with E-state index in [0.717, 1.165) is 38.2 Å². The van der Waals surface area contributed by atoms with Crippen molar-refractivity contribution in [3.8, 4) is 0 Å². The van der Waals surface area contributed by atoms with Crippen LogP contribution in [-0.2, 0) is 6.54 Å². The molecule has 1 aromatic heterocycles. The van der Waals surface area contributed by atoms with E-state index < -0.39 is 0 Å². The summed E-state index contributed by atoms with van der Waals surface area (Å²) < 4.78 is 0. The van der Waals surface area contributed by atoms with Gasteiger partial charge in [0.25, 0.3) is 0 Å². The highest BCUT2D eigenvalue weighted by Crippen LogP contribution is 1.89. The molecule has 0 amide bonds. The molecule has 1 rings (SSSR count). The number of hydrogen-bond donors (Lipinski definition) is 2. The van der Waals surface area contributed by atoms with Crippen LogP contribution in [0.5, 0.6) is 0 Å². The Balaban J connectivity index is 2.07. The monoisotopic (exact) mass is 180 g/mol. The molecule has 0 aliphatic heterocycles. The molecule has 0 atom stereocenters. The number of nitrogens with zero attached hydrogens (tertiary/aromatic N) is 2. The van der Waals surface area contributed by atoms with Crippen molar-refractivity contribution in [1.29, 1.82) is 0 Å². The molecule has 0 unspecified atom stereocenters. The van der Waals surface area contributed by atoms with Gasteiger partial charge in [-0.05, 0) is 25.9 Å². The van der Waals surface area contributed by atoms with Crippen LogP contribution in [0.25, 0.3) is 0 Å². The Morgan fingerprint density at radius 2 is 2.23 bits per heavy atom. The lowest BCUT2D eigenvalue weighted by atomic mass is 10.3. The Labute approximate surface area is 78.6 Å². The molecule has 3 N–H and O–H groups in total. The first-order chi connectivity index (χ1) is 6.43. The zero-order valence-electron chi connectivity index (χ0n) is 7.74. The van der Waals surface area contributed by atoms with Gasteiger partial charge in [0.05, 0.1) is 5.69 Å². The molecule has 0 fully saturated rings. The quantitative estimate of drug-likeness (QED) is 0.618. The average molecular weight is 180 g/mol. The molecule has 0 saturated heterocycles. The van der Waals surface area contributed by atoms with Crippen molar-refractivity contribution < 1.29 is 0 Å². The summed E-state index contributed by atoms with van der Waals surface area (Å²) in [5.41, 5.74) is 6.35. The summed E-state index contributed by atoms with van der Waals surface area (Å²) >= 11 is 0. The van der Waals surface area contributed by atoms with Gasteiger partial charge in [0.2, 0.25) is 0 Å². The van der Waals surface area contributed by atoms with Crippen molar-refractivity contribution in [2.75, 3.05) is 13.1 Å². The number of unbranched alkanes of at least 4 members (excludes halogenated alkanes) is 1. The topological polar surface area (TPSA) is 63.8 Å². The molecule has 72 valence electrons. The molecular formula is C9H16N4. The van der Waals surface area contributed by atoms with Crippen LogP contribution in [0.3, 0.4) is 0 Å². The molecule has 0 aromatic carbocycles. The standard InChI is InChI=1S/C9H16N4/c10-3-1-2-4-11-7-9-8-12-5-6-13-9/h5-6,8,11H,1-4,7,10H2. The highest BCUT2D eigenvalue weighted by molar-refractivity contribution is 4.93. The van der Waals surface area contributed by atoms with Crippen LogP contribution in [-0.4, -0.2) is 23.1 Å². The number of hydrogen-bond acceptors (Lipinski definition) is 4. The van der Waals surface area contributed by atoms with Gasteiger partial charge in [-0.15, -0.1) is 0 Å². The van der Waals surface area contributed by atoms with E-state index in [0.29, 0.717) is 0 Å². The number of nitrogens with two attached hydrogens (primary N) is 1. The Bertz CT molecular complexity index is 212. The lowest BCUT2D eigenvalue weighted by molar-refractivity contribution is 0.619. The third-order valence-corrected chi connectivity index (χ3v) is 1.73. The van der Waals surface area contributed by atoms with E-state index in [-0.39, 0.29) is 0 Å². The molecule has 4 heteroatoms. The second-order valence-corrected chi connectivity index (χ2v) is 2.87. The van der Waals surface area contributed by atoms with Crippen molar-refractivity contribution in [1.82, 2.24) is 15.3 Å². The first-order valence-electron chi connectivity index (χ1n) is 4.59. The maximum atomic E-state index is 5.37. The van der Waals surface area contributed by atoms with Crippen molar-refractivity contribution in [3.05, 3.63) is 24.3 Å². The van der Waals surface area contributed by atoms with Gasteiger partial charge >= 0.3 is 0 Å². The highest BCUT2D eigenvalue weighted by Gasteiger charge is 1.91. The van der Waals surface area contributed by atoms with Crippen molar-refractivity contribution in [2.24, 2.45) is 5.73 Å². The summed E-state index contributed by atoms with van der Waals surface area (Å²) in [6.07, 6.45) is 7.36. The van der Waals surface area contributed by atoms with Gasteiger partial charge < -0.3 is 11.1 Å². The zero-order valence-corrected chi connectivity index (χ0v) is 7.74. The average Bonchev–Trinajstić information content (AvgIpc) is 2.19. The zero-order chi connectivity index (χ0) is 9.36. The molecule has 0 saturated carbocycles. The fourth-order valence-corrected chi connectivity index (χ4v) is 1.03. The van der Waals surface area contributed by atoms with Crippen LogP contribution in [0.2, 0.25) is 0 Å². The van der Waals surface area contributed by atoms with E-state index in [1.54, 1.807) is 18.6 Å². The maximum Gasteiger partial charge on any atom is 0.0724 e. The largest absolute Gasteiger partial charge is 0.330 e. The smallest absolute Gasteiger partial charge is 0.0724 e. The van der Waals surface area contributed by atoms with E-state index in [1.807, 2.05) is 0 Å². The molecule has 1 aromatic rings. The van der Waals surface area contributed by atoms with Gasteiger partial charge in [-0.25, -0.2) is 0 Å². The van der Waals surface area contributed by atoms with Crippen molar-refractivity contribution in [3.63, 3.8) is 0 Å². The lowest BCUT2D eigenvalue weighted by Gasteiger charge is -2.02. The predicted molar refractivity (Wildman–Crippen MR) is 52.0 cm³/mol. The Kier molecular flexibility index (Phi) is 5.05. The molecule has 0 bridgehead atoms. The van der Waals surface area contributed by atoms with Crippen LogP contribution in [0.15, 0.2) is 18.6 Å². The summed E-state index contributed by atoms with van der Waals surface area (Å²) in [7, 11) is 0. The molecule has 0 aliphatic carbocycles. The maximum absolute atomic E-state index is 5.37. The molecule has 0 spiro atoms. The van der Waals surface area contributed by atoms with Crippen molar-refractivity contribution in [2.45, 2.75) is 19.4 Å². The van der Waals surface area contributed by atoms with Crippen LogP contribution in [0.1, 0.15) is 18.5 Å².